The molecule has 1 aromatic heterocycles. The number of ether oxygens (including phenoxy) is 1. The first-order valence-corrected chi connectivity index (χ1v) is 9.16. The van der Waals surface area contributed by atoms with Crippen LogP contribution in [0.2, 0.25) is 0 Å². The van der Waals surface area contributed by atoms with Gasteiger partial charge in [-0.05, 0) is 53.2 Å². The summed E-state index contributed by atoms with van der Waals surface area (Å²) in [7, 11) is 0. The van der Waals surface area contributed by atoms with E-state index in [-0.39, 0.29) is 35.6 Å². The molecule has 21 heavy (non-hydrogen) atoms. The Bertz CT molecular complexity index is 622. The molecule has 0 radical (unpaired) electrons. The lowest BCUT2D eigenvalue weighted by atomic mass is 9.81. The van der Waals surface area contributed by atoms with Crippen LogP contribution >= 0.6 is 27.3 Å². The highest BCUT2D eigenvalue weighted by atomic mass is 79.9. The number of Topliss-reactive ketones (excluding diaryl/α,β-unsaturated/α-hetero) is 2. The second-order valence-electron chi connectivity index (χ2n) is 6.26. The largest absolute Gasteiger partial charge is 0.373 e. The SMILES string of the molecule is CCc1c(Br)sc(C)c1C1C(=O)[C@@H]2[C@H](C1=O)[C@@H]1CC[C@H]2O1. The van der Waals surface area contributed by atoms with Gasteiger partial charge < -0.3 is 4.74 Å². The standard InChI is InChI=1S/C16H17BrO3S/c1-3-7-10(6(2)21-16(7)17)13-14(18)11-8-4-5-9(20-8)12(11)15(13)19/h8-9,11-13H,3-5H2,1-2H3/t8-,9+,11+,12-,13?. The van der Waals surface area contributed by atoms with Crippen LogP contribution in [0, 0.1) is 18.8 Å². The Kier molecular flexibility index (Phi) is 3.18. The lowest BCUT2D eigenvalue weighted by molar-refractivity contribution is -0.127. The molecular formula is C16H17BrO3S. The number of hydrogen-bond donors (Lipinski definition) is 0. The number of ketones is 2. The van der Waals surface area contributed by atoms with Crippen LogP contribution in [0.5, 0.6) is 0 Å². The van der Waals surface area contributed by atoms with Crippen LogP contribution in [0.25, 0.3) is 0 Å². The summed E-state index contributed by atoms with van der Waals surface area (Å²) in [6.45, 7) is 4.09. The molecule has 1 saturated carbocycles. The van der Waals surface area contributed by atoms with Crippen LogP contribution in [0.4, 0.5) is 0 Å². The molecule has 3 nitrogen and oxygen atoms in total. The van der Waals surface area contributed by atoms with Crippen LogP contribution in [0.1, 0.15) is 41.7 Å². The summed E-state index contributed by atoms with van der Waals surface area (Å²) in [5.74, 6) is -0.668. The van der Waals surface area contributed by atoms with Crippen molar-refractivity contribution in [3.8, 4) is 0 Å². The van der Waals surface area contributed by atoms with Crippen molar-refractivity contribution in [3.63, 3.8) is 0 Å². The molecule has 2 aliphatic heterocycles. The van der Waals surface area contributed by atoms with Gasteiger partial charge in [-0.3, -0.25) is 9.59 Å². The van der Waals surface area contributed by atoms with Crippen molar-refractivity contribution in [1.29, 1.82) is 0 Å². The summed E-state index contributed by atoms with van der Waals surface area (Å²) >= 11 is 5.22. The summed E-state index contributed by atoms with van der Waals surface area (Å²) in [5.41, 5.74) is 2.12. The summed E-state index contributed by atoms with van der Waals surface area (Å²) in [6, 6.07) is 0. The molecular weight excluding hydrogens is 352 g/mol. The number of carbonyl (C=O) groups excluding carboxylic acids is 2. The molecule has 3 aliphatic rings. The van der Waals surface area contributed by atoms with Crippen molar-refractivity contribution in [2.45, 2.75) is 51.2 Å². The Morgan fingerprint density at radius 3 is 2.29 bits per heavy atom. The average molecular weight is 369 g/mol. The minimum Gasteiger partial charge on any atom is -0.373 e. The van der Waals surface area contributed by atoms with Gasteiger partial charge in [0.2, 0.25) is 0 Å². The molecule has 112 valence electrons. The minimum atomic E-state index is -0.538. The molecule has 2 bridgehead atoms. The van der Waals surface area contributed by atoms with E-state index < -0.39 is 5.92 Å². The van der Waals surface area contributed by atoms with E-state index in [0.29, 0.717) is 0 Å². The van der Waals surface area contributed by atoms with E-state index in [9.17, 15) is 9.59 Å². The molecule has 3 fully saturated rings. The van der Waals surface area contributed by atoms with Crippen LogP contribution in [-0.4, -0.2) is 23.8 Å². The molecule has 1 aromatic rings. The van der Waals surface area contributed by atoms with Gasteiger partial charge >= 0.3 is 0 Å². The number of thiophene rings is 1. The van der Waals surface area contributed by atoms with E-state index in [1.54, 1.807) is 11.3 Å². The number of carbonyl (C=O) groups is 2. The van der Waals surface area contributed by atoms with Crippen LogP contribution in [-0.2, 0) is 20.7 Å². The summed E-state index contributed by atoms with van der Waals surface area (Å²) in [6.07, 6.45) is 2.70. The predicted octanol–water partition coefficient (Wildman–Crippen LogP) is 3.41. The third kappa shape index (κ3) is 1.74. The zero-order valence-corrected chi connectivity index (χ0v) is 14.4. The molecule has 5 heteroatoms. The van der Waals surface area contributed by atoms with E-state index in [4.69, 9.17) is 4.74 Å². The van der Waals surface area contributed by atoms with Gasteiger partial charge in [0.05, 0.1) is 27.8 Å². The number of fused-ring (bicyclic) bond motifs is 5. The van der Waals surface area contributed by atoms with Crippen LogP contribution in [0.15, 0.2) is 3.79 Å². The third-order valence-corrected chi connectivity index (χ3v) is 7.24. The zero-order valence-electron chi connectivity index (χ0n) is 12.0. The summed E-state index contributed by atoms with van der Waals surface area (Å²) in [5, 5.41) is 0. The molecule has 0 aromatic carbocycles. The molecule has 1 aliphatic carbocycles. The summed E-state index contributed by atoms with van der Waals surface area (Å²) < 4.78 is 6.87. The molecule has 1 unspecified atom stereocenters. The highest BCUT2D eigenvalue weighted by Crippen LogP contribution is 2.54. The topological polar surface area (TPSA) is 43.4 Å². The van der Waals surface area contributed by atoms with Crippen molar-refractivity contribution >= 4 is 38.8 Å². The smallest absolute Gasteiger partial charge is 0.154 e. The molecule has 3 heterocycles. The Morgan fingerprint density at radius 1 is 1.19 bits per heavy atom. The number of hydrogen-bond acceptors (Lipinski definition) is 4. The maximum absolute atomic E-state index is 12.9. The lowest BCUT2D eigenvalue weighted by Crippen LogP contribution is -2.29. The average Bonchev–Trinajstić information content (AvgIpc) is 3.15. The van der Waals surface area contributed by atoms with Crippen LogP contribution < -0.4 is 0 Å². The Morgan fingerprint density at radius 2 is 1.76 bits per heavy atom. The second kappa shape index (κ2) is 4.74. The third-order valence-electron chi connectivity index (χ3n) is 5.33. The maximum atomic E-state index is 12.9. The molecule has 0 amide bonds. The number of aryl methyl sites for hydroxylation is 1. The number of rotatable bonds is 2. The van der Waals surface area contributed by atoms with Gasteiger partial charge in [0.15, 0.2) is 11.6 Å². The van der Waals surface area contributed by atoms with Crippen molar-refractivity contribution < 1.29 is 14.3 Å². The van der Waals surface area contributed by atoms with E-state index in [1.807, 2.05) is 6.92 Å². The highest BCUT2D eigenvalue weighted by molar-refractivity contribution is 9.11. The Balaban J connectivity index is 1.81. The molecule has 5 atom stereocenters. The fraction of sp³-hybridized carbons (Fsp3) is 0.625. The van der Waals surface area contributed by atoms with Gasteiger partial charge in [0.1, 0.15) is 5.92 Å². The highest BCUT2D eigenvalue weighted by Gasteiger charge is 2.63. The van der Waals surface area contributed by atoms with Gasteiger partial charge in [0.25, 0.3) is 0 Å². The van der Waals surface area contributed by atoms with E-state index in [1.165, 1.54) is 0 Å². The van der Waals surface area contributed by atoms with Gasteiger partial charge in [0, 0.05) is 4.88 Å². The molecule has 0 spiro atoms. The molecule has 2 saturated heterocycles. The normalized spacial score (nSPS) is 37.6. The molecule has 0 N–H and O–H groups in total. The molecule has 4 rings (SSSR count). The lowest BCUT2D eigenvalue weighted by Gasteiger charge is -2.16. The van der Waals surface area contributed by atoms with Crippen molar-refractivity contribution in [1.82, 2.24) is 0 Å². The van der Waals surface area contributed by atoms with Crippen molar-refractivity contribution in [2.24, 2.45) is 11.8 Å². The van der Waals surface area contributed by atoms with Gasteiger partial charge in [-0.25, -0.2) is 0 Å². The van der Waals surface area contributed by atoms with E-state index in [2.05, 4.69) is 22.9 Å². The Labute approximate surface area is 136 Å². The first-order chi connectivity index (χ1) is 10.0. The monoisotopic (exact) mass is 368 g/mol. The van der Waals surface area contributed by atoms with Gasteiger partial charge in [-0.15, -0.1) is 11.3 Å². The zero-order chi connectivity index (χ0) is 14.9. The first-order valence-electron chi connectivity index (χ1n) is 7.55. The van der Waals surface area contributed by atoms with Gasteiger partial charge in [-0.1, -0.05) is 6.92 Å². The second-order valence-corrected chi connectivity index (χ2v) is 8.80. The predicted molar refractivity (Wildman–Crippen MR) is 83.8 cm³/mol. The van der Waals surface area contributed by atoms with Crippen molar-refractivity contribution in [2.75, 3.05) is 0 Å². The Hall–Kier alpha value is -0.520. The maximum Gasteiger partial charge on any atom is 0.154 e. The van der Waals surface area contributed by atoms with Crippen LogP contribution in [0.3, 0.4) is 0 Å². The van der Waals surface area contributed by atoms with E-state index in [0.717, 1.165) is 39.1 Å². The summed E-state index contributed by atoms with van der Waals surface area (Å²) in [4.78, 5) is 26.9. The first kappa shape index (κ1) is 14.1. The number of halogens is 1. The van der Waals surface area contributed by atoms with Crippen molar-refractivity contribution in [3.05, 3.63) is 19.8 Å². The quantitative estimate of drug-likeness (QED) is 0.751. The fourth-order valence-corrected chi connectivity index (χ4v) is 6.71. The minimum absolute atomic E-state index is 0.00564. The van der Waals surface area contributed by atoms with Gasteiger partial charge in [-0.2, -0.15) is 0 Å². The van der Waals surface area contributed by atoms with E-state index >= 15 is 0 Å². The fourth-order valence-electron chi connectivity index (χ4n) is 4.49.